The molecule has 1 saturated heterocycles. The molecule has 0 aromatic heterocycles. The molecule has 0 bridgehead atoms. The van der Waals surface area contributed by atoms with Crippen LogP contribution in [-0.4, -0.2) is 42.8 Å². The van der Waals surface area contributed by atoms with Gasteiger partial charge in [-0.25, -0.2) is 0 Å². The van der Waals surface area contributed by atoms with Crippen LogP contribution in [0.15, 0.2) is 0 Å². The molecule has 0 amide bonds. The minimum absolute atomic E-state index is 0.196. The van der Waals surface area contributed by atoms with Crippen LogP contribution in [0.1, 0.15) is 47.0 Å². The number of hydrogen-bond acceptors (Lipinski definition) is 3. The number of nitrogens with zero attached hydrogens (tertiary/aromatic N) is 1. The van der Waals surface area contributed by atoms with Crippen LogP contribution in [-0.2, 0) is 4.74 Å². The Morgan fingerprint density at radius 1 is 1.29 bits per heavy atom. The lowest BCUT2D eigenvalue weighted by molar-refractivity contribution is -0.0527. The second-order valence-electron chi connectivity index (χ2n) is 5.58. The largest absolute Gasteiger partial charge is 0.374 e. The van der Waals surface area contributed by atoms with Gasteiger partial charge in [-0.1, -0.05) is 26.7 Å². The SMILES string of the molecule is CCC(CC)CC(N)C1CN(C(C)C)CCO1. The zero-order valence-electron chi connectivity index (χ0n) is 12.0. The second kappa shape index (κ2) is 7.34. The van der Waals surface area contributed by atoms with E-state index in [0.717, 1.165) is 32.0 Å². The number of rotatable bonds is 6. The molecule has 1 aliphatic heterocycles. The van der Waals surface area contributed by atoms with Crippen molar-refractivity contribution in [3.63, 3.8) is 0 Å². The molecule has 2 N–H and O–H groups in total. The Morgan fingerprint density at radius 3 is 2.47 bits per heavy atom. The van der Waals surface area contributed by atoms with Crippen molar-refractivity contribution >= 4 is 0 Å². The Morgan fingerprint density at radius 2 is 1.94 bits per heavy atom. The maximum atomic E-state index is 6.31. The highest BCUT2D eigenvalue weighted by atomic mass is 16.5. The molecule has 0 aromatic rings. The molecule has 0 radical (unpaired) electrons. The predicted octanol–water partition coefficient (Wildman–Crippen LogP) is 2.25. The fourth-order valence-electron chi connectivity index (χ4n) is 2.58. The standard InChI is InChI=1S/C14H30N2O/c1-5-12(6-2)9-13(15)14-10-16(11(3)4)7-8-17-14/h11-14H,5-10,15H2,1-4H3. The molecule has 1 aliphatic rings. The van der Waals surface area contributed by atoms with E-state index in [1.54, 1.807) is 0 Å². The molecule has 2 unspecified atom stereocenters. The van der Waals surface area contributed by atoms with Gasteiger partial charge >= 0.3 is 0 Å². The fraction of sp³-hybridized carbons (Fsp3) is 1.00. The minimum Gasteiger partial charge on any atom is -0.374 e. The van der Waals surface area contributed by atoms with E-state index in [9.17, 15) is 0 Å². The van der Waals surface area contributed by atoms with Crippen LogP contribution in [0.5, 0.6) is 0 Å². The van der Waals surface area contributed by atoms with Gasteiger partial charge in [-0.05, 0) is 26.2 Å². The van der Waals surface area contributed by atoms with E-state index in [1.807, 2.05) is 0 Å². The summed E-state index contributed by atoms with van der Waals surface area (Å²) >= 11 is 0. The summed E-state index contributed by atoms with van der Waals surface area (Å²) in [6.45, 7) is 11.9. The van der Waals surface area contributed by atoms with E-state index < -0.39 is 0 Å². The van der Waals surface area contributed by atoms with Crippen LogP contribution < -0.4 is 5.73 Å². The van der Waals surface area contributed by atoms with E-state index in [1.165, 1.54) is 12.8 Å². The Balaban J connectivity index is 2.42. The highest BCUT2D eigenvalue weighted by Crippen LogP contribution is 2.19. The zero-order valence-corrected chi connectivity index (χ0v) is 12.0. The summed E-state index contributed by atoms with van der Waals surface area (Å²) in [5, 5.41) is 0. The van der Waals surface area contributed by atoms with Crippen molar-refractivity contribution in [2.24, 2.45) is 11.7 Å². The topological polar surface area (TPSA) is 38.5 Å². The molecule has 0 saturated carbocycles. The first-order chi connectivity index (χ1) is 8.08. The summed E-state index contributed by atoms with van der Waals surface area (Å²) in [6.07, 6.45) is 3.78. The number of nitrogens with two attached hydrogens (primary N) is 1. The molecule has 3 heteroatoms. The Hall–Kier alpha value is -0.120. The van der Waals surface area contributed by atoms with Gasteiger partial charge < -0.3 is 10.5 Å². The van der Waals surface area contributed by atoms with E-state index >= 15 is 0 Å². The third-order valence-corrected chi connectivity index (χ3v) is 4.09. The average Bonchev–Trinajstić information content (AvgIpc) is 2.35. The summed E-state index contributed by atoms with van der Waals surface area (Å²) in [7, 11) is 0. The maximum absolute atomic E-state index is 6.31. The molecule has 1 rings (SSSR count). The summed E-state index contributed by atoms with van der Waals surface area (Å²) in [5.74, 6) is 0.753. The summed E-state index contributed by atoms with van der Waals surface area (Å²) < 4.78 is 5.84. The highest BCUT2D eigenvalue weighted by Gasteiger charge is 2.27. The lowest BCUT2D eigenvalue weighted by Gasteiger charge is -2.38. The van der Waals surface area contributed by atoms with Crippen LogP contribution >= 0.6 is 0 Å². The van der Waals surface area contributed by atoms with Crippen LogP contribution in [0.2, 0.25) is 0 Å². The summed E-state index contributed by atoms with van der Waals surface area (Å²) in [6, 6.07) is 0.795. The third-order valence-electron chi connectivity index (χ3n) is 4.09. The third kappa shape index (κ3) is 4.57. The molecule has 0 spiro atoms. The first-order valence-electron chi connectivity index (χ1n) is 7.19. The van der Waals surface area contributed by atoms with Crippen molar-refractivity contribution in [1.82, 2.24) is 4.90 Å². The maximum Gasteiger partial charge on any atom is 0.0853 e. The van der Waals surface area contributed by atoms with Gasteiger partial charge in [0, 0.05) is 25.2 Å². The molecular weight excluding hydrogens is 212 g/mol. The molecule has 0 aromatic carbocycles. The predicted molar refractivity (Wildman–Crippen MR) is 73.1 cm³/mol. The molecule has 0 aliphatic carbocycles. The molecule has 102 valence electrons. The summed E-state index contributed by atoms with van der Waals surface area (Å²) in [4.78, 5) is 2.47. The van der Waals surface area contributed by atoms with Crippen molar-refractivity contribution in [3.8, 4) is 0 Å². The number of hydrogen-bond donors (Lipinski definition) is 1. The molecule has 1 fully saturated rings. The smallest absolute Gasteiger partial charge is 0.0853 e. The van der Waals surface area contributed by atoms with Gasteiger partial charge in [0.15, 0.2) is 0 Å². The lowest BCUT2D eigenvalue weighted by atomic mass is 9.92. The number of ether oxygens (including phenoxy) is 1. The quantitative estimate of drug-likeness (QED) is 0.776. The van der Waals surface area contributed by atoms with Crippen molar-refractivity contribution in [2.75, 3.05) is 19.7 Å². The van der Waals surface area contributed by atoms with Crippen LogP contribution in [0.4, 0.5) is 0 Å². The normalized spacial score (nSPS) is 24.5. The second-order valence-corrected chi connectivity index (χ2v) is 5.58. The van der Waals surface area contributed by atoms with Gasteiger partial charge in [0.05, 0.1) is 12.7 Å². The lowest BCUT2D eigenvalue weighted by Crippen LogP contribution is -2.52. The van der Waals surface area contributed by atoms with Crippen LogP contribution in [0.3, 0.4) is 0 Å². The first kappa shape index (κ1) is 14.9. The van der Waals surface area contributed by atoms with Gasteiger partial charge in [0.25, 0.3) is 0 Å². The molecule has 3 nitrogen and oxygen atoms in total. The van der Waals surface area contributed by atoms with E-state index in [2.05, 4.69) is 32.6 Å². The van der Waals surface area contributed by atoms with Crippen LogP contribution in [0, 0.1) is 5.92 Å². The van der Waals surface area contributed by atoms with Crippen molar-refractivity contribution in [1.29, 1.82) is 0 Å². The molecule has 2 atom stereocenters. The van der Waals surface area contributed by atoms with Crippen LogP contribution in [0.25, 0.3) is 0 Å². The Bertz CT molecular complexity index is 204. The van der Waals surface area contributed by atoms with Gasteiger partial charge in [0.2, 0.25) is 0 Å². The highest BCUT2D eigenvalue weighted by molar-refractivity contribution is 4.83. The monoisotopic (exact) mass is 242 g/mol. The van der Waals surface area contributed by atoms with E-state index in [4.69, 9.17) is 10.5 Å². The molecular formula is C14H30N2O. The molecule has 1 heterocycles. The minimum atomic E-state index is 0.196. The van der Waals surface area contributed by atoms with E-state index in [0.29, 0.717) is 6.04 Å². The van der Waals surface area contributed by atoms with Gasteiger partial charge in [-0.2, -0.15) is 0 Å². The van der Waals surface area contributed by atoms with Gasteiger partial charge in [0.1, 0.15) is 0 Å². The Labute approximate surface area is 107 Å². The number of morpholine rings is 1. The van der Waals surface area contributed by atoms with Crippen molar-refractivity contribution in [3.05, 3.63) is 0 Å². The average molecular weight is 242 g/mol. The molecule has 17 heavy (non-hydrogen) atoms. The Kier molecular flexibility index (Phi) is 6.45. The zero-order chi connectivity index (χ0) is 12.8. The van der Waals surface area contributed by atoms with Gasteiger partial charge in [-0.15, -0.1) is 0 Å². The summed E-state index contributed by atoms with van der Waals surface area (Å²) in [5.41, 5.74) is 6.31. The first-order valence-corrected chi connectivity index (χ1v) is 7.19. The van der Waals surface area contributed by atoms with Crippen molar-refractivity contribution < 1.29 is 4.74 Å². The van der Waals surface area contributed by atoms with E-state index in [-0.39, 0.29) is 12.1 Å². The van der Waals surface area contributed by atoms with Crippen molar-refractivity contribution in [2.45, 2.75) is 65.1 Å². The van der Waals surface area contributed by atoms with Gasteiger partial charge in [-0.3, -0.25) is 4.90 Å². The fourth-order valence-corrected chi connectivity index (χ4v) is 2.58.